The van der Waals surface area contributed by atoms with Crippen molar-refractivity contribution in [2.75, 3.05) is 0 Å². The lowest BCUT2D eigenvalue weighted by Gasteiger charge is -2.26. The number of hydrogen-bond acceptors (Lipinski definition) is 2. The van der Waals surface area contributed by atoms with Crippen molar-refractivity contribution in [3.05, 3.63) is 36.7 Å². The lowest BCUT2D eigenvalue weighted by Crippen LogP contribution is -2.47. The molecule has 0 aliphatic carbocycles. The summed E-state index contributed by atoms with van der Waals surface area (Å²) in [6.45, 7) is 8.69. The number of para-hydroxylation sites is 1. The highest BCUT2D eigenvalue weighted by atomic mass is 16.5. The molecule has 2 heterocycles. The van der Waals surface area contributed by atoms with E-state index in [1.807, 2.05) is 41.3 Å². The highest BCUT2D eigenvalue weighted by Crippen LogP contribution is 2.35. The van der Waals surface area contributed by atoms with E-state index in [9.17, 15) is 0 Å². The maximum atomic E-state index is 6.00. The van der Waals surface area contributed by atoms with Gasteiger partial charge in [0, 0.05) is 0 Å². The normalized spacial score (nSPS) is 20.4. The SMILES string of the molecule is CC(C)C1[n+]2cn(-c3ccccc3)nc2OC1(C)C. The Morgan fingerprint density at radius 1 is 1.26 bits per heavy atom. The second-order valence-corrected chi connectivity index (χ2v) is 5.98. The van der Waals surface area contributed by atoms with Gasteiger partial charge in [-0.2, -0.15) is 4.57 Å². The summed E-state index contributed by atoms with van der Waals surface area (Å²) in [5, 5.41) is 4.55. The summed E-state index contributed by atoms with van der Waals surface area (Å²) < 4.78 is 10.0. The van der Waals surface area contributed by atoms with Crippen molar-refractivity contribution < 1.29 is 9.30 Å². The topological polar surface area (TPSA) is 30.9 Å². The molecule has 1 aliphatic rings. The number of benzene rings is 1. The predicted molar refractivity (Wildman–Crippen MR) is 72.3 cm³/mol. The van der Waals surface area contributed by atoms with Crippen LogP contribution in [-0.2, 0) is 0 Å². The zero-order valence-corrected chi connectivity index (χ0v) is 11.9. The standard InChI is InChI=1S/C15H20N3O/c1-11(2)13-15(3,4)19-14-16-18(10-17(13)14)12-8-6-5-7-9-12/h5-11,13H,1-4H3/q+1. The molecule has 0 fully saturated rings. The molecular weight excluding hydrogens is 238 g/mol. The smallest absolute Gasteiger partial charge is 0.429 e. The van der Waals surface area contributed by atoms with Gasteiger partial charge in [-0.15, -0.1) is 0 Å². The average Bonchev–Trinajstić information content (AvgIpc) is 2.82. The summed E-state index contributed by atoms with van der Waals surface area (Å²) in [5.41, 5.74) is 0.847. The zero-order valence-electron chi connectivity index (χ0n) is 11.9. The van der Waals surface area contributed by atoms with Gasteiger partial charge in [0.2, 0.25) is 6.33 Å². The second kappa shape index (κ2) is 4.08. The number of rotatable bonds is 2. The van der Waals surface area contributed by atoms with Crippen molar-refractivity contribution in [3.63, 3.8) is 0 Å². The first-order valence-electron chi connectivity index (χ1n) is 6.74. The molecule has 19 heavy (non-hydrogen) atoms. The fourth-order valence-corrected chi connectivity index (χ4v) is 3.06. The molecule has 1 aliphatic heterocycles. The van der Waals surface area contributed by atoms with Crippen molar-refractivity contribution in [1.29, 1.82) is 0 Å². The van der Waals surface area contributed by atoms with Crippen LogP contribution in [0.15, 0.2) is 36.7 Å². The molecule has 0 radical (unpaired) electrons. The van der Waals surface area contributed by atoms with Crippen molar-refractivity contribution in [2.24, 2.45) is 5.92 Å². The van der Waals surface area contributed by atoms with Crippen LogP contribution in [0.25, 0.3) is 5.69 Å². The lowest BCUT2D eigenvalue weighted by molar-refractivity contribution is -0.717. The molecule has 0 saturated carbocycles. The van der Waals surface area contributed by atoms with E-state index in [2.05, 4.69) is 37.4 Å². The van der Waals surface area contributed by atoms with Crippen LogP contribution in [0.5, 0.6) is 6.01 Å². The number of nitrogens with zero attached hydrogens (tertiary/aromatic N) is 3. The average molecular weight is 258 g/mol. The molecule has 1 aromatic heterocycles. The third-order valence-electron chi connectivity index (χ3n) is 3.67. The summed E-state index contributed by atoms with van der Waals surface area (Å²) in [5.74, 6) is 0.495. The maximum Gasteiger partial charge on any atom is 0.469 e. The van der Waals surface area contributed by atoms with Crippen LogP contribution in [0.3, 0.4) is 0 Å². The summed E-state index contributed by atoms with van der Waals surface area (Å²) >= 11 is 0. The van der Waals surface area contributed by atoms with Crippen LogP contribution in [0, 0.1) is 5.92 Å². The summed E-state index contributed by atoms with van der Waals surface area (Å²) in [7, 11) is 0. The molecule has 0 amide bonds. The van der Waals surface area contributed by atoms with E-state index in [0.717, 1.165) is 5.69 Å². The molecule has 0 spiro atoms. The van der Waals surface area contributed by atoms with Gasteiger partial charge in [0.25, 0.3) is 0 Å². The summed E-state index contributed by atoms with van der Waals surface area (Å²) in [6.07, 6.45) is 2.03. The third kappa shape index (κ3) is 1.91. The molecule has 1 aromatic carbocycles. The quantitative estimate of drug-likeness (QED) is 0.775. The number of fused-ring (bicyclic) bond motifs is 1. The van der Waals surface area contributed by atoms with E-state index in [-0.39, 0.29) is 5.60 Å². The molecule has 4 nitrogen and oxygen atoms in total. The van der Waals surface area contributed by atoms with Crippen molar-refractivity contribution in [1.82, 2.24) is 9.78 Å². The summed E-state index contributed by atoms with van der Waals surface area (Å²) in [4.78, 5) is 0. The molecule has 0 bridgehead atoms. The van der Waals surface area contributed by atoms with Crippen LogP contribution in [0.1, 0.15) is 33.7 Å². The molecule has 100 valence electrons. The van der Waals surface area contributed by atoms with E-state index in [1.165, 1.54) is 0 Å². The van der Waals surface area contributed by atoms with Gasteiger partial charge in [-0.05, 0) is 31.9 Å². The van der Waals surface area contributed by atoms with Crippen LogP contribution in [0.4, 0.5) is 0 Å². The fraction of sp³-hybridized carbons (Fsp3) is 0.467. The number of aromatic nitrogens is 3. The lowest BCUT2D eigenvalue weighted by atomic mass is 9.90. The van der Waals surface area contributed by atoms with Gasteiger partial charge in [-0.1, -0.05) is 36.7 Å². The molecule has 1 atom stereocenters. The largest absolute Gasteiger partial charge is 0.469 e. The fourth-order valence-electron chi connectivity index (χ4n) is 3.06. The van der Waals surface area contributed by atoms with E-state index < -0.39 is 0 Å². The highest BCUT2D eigenvalue weighted by molar-refractivity contribution is 5.29. The minimum Gasteiger partial charge on any atom is -0.429 e. The molecule has 2 aromatic rings. The van der Waals surface area contributed by atoms with Crippen molar-refractivity contribution in [2.45, 2.75) is 39.3 Å². The molecule has 3 rings (SSSR count). The highest BCUT2D eigenvalue weighted by Gasteiger charge is 2.49. The monoisotopic (exact) mass is 258 g/mol. The minimum atomic E-state index is -0.202. The molecule has 0 saturated heterocycles. The van der Waals surface area contributed by atoms with E-state index in [1.54, 1.807) is 0 Å². The van der Waals surface area contributed by atoms with Gasteiger partial charge < -0.3 is 4.74 Å². The Morgan fingerprint density at radius 3 is 2.58 bits per heavy atom. The molecule has 1 unspecified atom stereocenters. The molecule has 4 heteroatoms. The first-order chi connectivity index (χ1) is 8.99. The van der Waals surface area contributed by atoms with Crippen LogP contribution in [-0.4, -0.2) is 15.4 Å². The van der Waals surface area contributed by atoms with Gasteiger partial charge in [-0.25, -0.2) is 0 Å². The van der Waals surface area contributed by atoms with Gasteiger partial charge in [0.15, 0.2) is 0 Å². The predicted octanol–water partition coefficient (Wildman–Crippen LogP) is 2.53. The van der Waals surface area contributed by atoms with E-state index >= 15 is 0 Å². The Bertz CT molecular complexity index is 587. The third-order valence-corrected chi connectivity index (χ3v) is 3.67. The van der Waals surface area contributed by atoms with Gasteiger partial charge in [0.05, 0.1) is 5.10 Å². The minimum absolute atomic E-state index is 0.202. The molecular formula is C15H20N3O+. The van der Waals surface area contributed by atoms with E-state index in [0.29, 0.717) is 18.0 Å². The zero-order chi connectivity index (χ0) is 13.6. The van der Waals surface area contributed by atoms with Gasteiger partial charge >= 0.3 is 6.01 Å². The Balaban J connectivity index is 2.03. The maximum absolute atomic E-state index is 6.00. The van der Waals surface area contributed by atoms with Crippen LogP contribution in [0.2, 0.25) is 0 Å². The Morgan fingerprint density at radius 2 is 1.95 bits per heavy atom. The summed E-state index contributed by atoms with van der Waals surface area (Å²) in [6, 6.07) is 11.1. The van der Waals surface area contributed by atoms with Crippen LogP contribution < -0.4 is 9.30 Å². The number of ether oxygens (including phenoxy) is 1. The van der Waals surface area contributed by atoms with Crippen molar-refractivity contribution >= 4 is 0 Å². The van der Waals surface area contributed by atoms with Gasteiger partial charge in [-0.3, -0.25) is 0 Å². The van der Waals surface area contributed by atoms with E-state index in [4.69, 9.17) is 4.74 Å². The Hall–Kier alpha value is -1.84. The number of hydrogen-bond donors (Lipinski definition) is 0. The first kappa shape index (κ1) is 12.2. The Kier molecular flexibility index (Phi) is 2.62. The van der Waals surface area contributed by atoms with Gasteiger partial charge in [0.1, 0.15) is 17.3 Å². The molecule has 0 N–H and O–H groups in total. The van der Waals surface area contributed by atoms with Crippen molar-refractivity contribution in [3.8, 4) is 11.7 Å². The first-order valence-corrected chi connectivity index (χ1v) is 6.74. The Labute approximate surface area is 113 Å². The van der Waals surface area contributed by atoms with Crippen LogP contribution >= 0.6 is 0 Å². The second-order valence-electron chi connectivity index (χ2n) is 5.98.